The van der Waals surface area contributed by atoms with Gasteiger partial charge in [0.2, 0.25) is 0 Å². The summed E-state index contributed by atoms with van der Waals surface area (Å²) in [5, 5.41) is 12.8. The van der Waals surface area contributed by atoms with Crippen LogP contribution < -0.4 is 10.1 Å². The molecule has 1 aliphatic carbocycles. The van der Waals surface area contributed by atoms with Gasteiger partial charge in [0, 0.05) is 24.8 Å². The van der Waals surface area contributed by atoms with Gasteiger partial charge in [0.15, 0.2) is 11.5 Å². The van der Waals surface area contributed by atoms with Gasteiger partial charge in [0.05, 0.1) is 12.2 Å². The van der Waals surface area contributed by atoms with Crippen LogP contribution in [0.1, 0.15) is 50.6 Å². The summed E-state index contributed by atoms with van der Waals surface area (Å²) < 4.78 is 11.5. The maximum absolute atomic E-state index is 12.9. The Labute approximate surface area is 151 Å². The lowest BCUT2D eigenvalue weighted by Crippen LogP contribution is -2.58. The summed E-state index contributed by atoms with van der Waals surface area (Å²) in [5.74, 6) is 1.10. The van der Waals surface area contributed by atoms with E-state index in [1.807, 2.05) is 24.3 Å². The molecule has 4 rings (SSSR count). The van der Waals surface area contributed by atoms with Crippen LogP contribution in [-0.4, -0.2) is 35.5 Å². The van der Waals surface area contributed by atoms with Gasteiger partial charge in [0.25, 0.3) is 5.91 Å². The van der Waals surface area contributed by atoms with Gasteiger partial charge in [-0.1, -0.05) is 18.2 Å². The van der Waals surface area contributed by atoms with Crippen LogP contribution in [0.4, 0.5) is 0 Å². The van der Waals surface area contributed by atoms with Crippen molar-refractivity contribution in [1.29, 1.82) is 0 Å². The second kappa shape index (κ2) is 6.29. The van der Waals surface area contributed by atoms with Crippen molar-refractivity contribution in [3.8, 4) is 5.75 Å². The molecule has 2 aromatic rings. The SMILES string of the molecule is Cc1c(C(=O)NC2(CO)COc3ccccc3C2)oc2c1C(=O)CCC2. The van der Waals surface area contributed by atoms with Crippen LogP contribution in [0.2, 0.25) is 0 Å². The Morgan fingerprint density at radius 2 is 2.12 bits per heavy atom. The maximum atomic E-state index is 12.9. The number of ether oxygens (including phenoxy) is 1. The molecule has 0 bridgehead atoms. The van der Waals surface area contributed by atoms with Gasteiger partial charge in [-0.25, -0.2) is 0 Å². The minimum absolute atomic E-state index is 0.0262. The molecule has 1 aliphatic heterocycles. The first-order valence-electron chi connectivity index (χ1n) is 8.82. The Morgan fingerprint density at radius 1 is 1.31 bits per heavy atom. The Balaban J connectivity index is 1.61. The molecule has 2 heterocycles. The number of nitrogens with one attached hydrogen (secondary N) is 1. The van der Waals surface area contributed by atoms with Crippen molar-refractivity contribution in [3.05, 3.63) is 52.5 Å². The van der Waals surface area contributed by atoms with Crippen molar-refractivity contribution in [1.82, 2.24) is 5.32 Å². The highest BCUT2D eigenvalue weighted by Crippen LogP contribution is 2.32. The fourth-order valence-corrected chi connectivity index (χ4v) is 3.81. The normalized spacial score (nSPS) is 21.5. The van der Waals surface area contributed by atoms with Gasteiger partial charge in [-0.3, -0.25) is 9.59 Å². The number of para-hydroxylation sites is 1. The number of hydrogen-bond acceptors (Lipinski definition) is 5. The van der Waals surface area contributed by atoms with Gasteiger partial charge < -0.3 is 19.6 Å². The Bertz CT molecular complexity index is 884. The van der Waals surface area contributed by atoms with Gasteiger partial charge >= 0.3 is 0 Å². The average molecular weight is 355 g/mol. The molecular formula is C20H21NO5. The van der Waals surface area contributed by atoms with Crippen molar-refractivity contribution in [3.63, 3.8) is 0 Å². The zero-order valence-electron chi connectivity index (χ0n) is 14.6. The van der Waals surface area contributed by atoms with E-state index in [0.717, 1.165) is 17.7 Å². The molecule has 26 heavy (non-hydrogen) atoms. The van der Waals surface area contributed by atoms with Crippen LogP contribution in [0.25, 0.3) is 0 Å². The van der Waals surface area contributed by atoms with E-state index < -0.39 is 11.4 Å². The minimum Gasteiger partial charge on any atom is -0.491 e. The van der Waals surface area contributed by atoms with Gasteiger partial charge in [0.1, 0.15) is 23.7 Å². The number of ketones is 1. The zero-order chi connectivity index (χ0) is 18.3. The predicted octanol–water partition coefficient (Wildman–Crippen LogP) is 2.20. The number of rotatable bonds is 3. The molecule has 2 aliphatic rings. The largest absolute Gasteiger partial charge is 0.491 e. The van der Waals surface area contributed by atoms with Crippen molar-refractivity contribution >= 4 is 11.7 Å². The number of amides is 1. The lowest BCUT2D eigenvalue weighted by molar-refractivity contribution is 0.0630. The number of carbonyl (C=O) groups is 2. The molecule has 1 unspecified atom stereocenters. The first kappa shape index (κ1) is 16.8. The van der Waals surface area contributed by atoms with Crippen molar-refractivity contribution in [2.45, 2.75) is 38.1 Å². The standard InChI is InChI=1S/C20H21NO5/c1-12-17-14(23)6-4-8-16(17)26-18(12)19(24)21-20(10-22)9-13-5-2-3-7-15(13)25-11-20/h2-3,5,7,22H,4,6,8-11H2,1H3,(H,21,24). The third-order valence-electron chi connectivity index (χ3n) is 5.20. The molecule has 1 amide bonds. The number of benzene rings is 1. The van der Waals surface area contributed by atoms with Gasteiger partial charge in [-0.15, -0.1) is 0 Å². The van der Waals surface area contributed by atoms with Crippen LogP contribution in [0.5, 0.6) is 5.75 Å². The topological polar surface area (TPSA) is 88.8 Å². The van der Waals surface area contributed by atoms with Crippen LogP contribution >= 0.6 is 0 Å². The number of hydrogen-bond donors (Lipinski definition) is 2. The average Bonchev–Trinajstić information content (AvgIpc) is 3.00. The number of Topliss-reactive ketones (excluding diaryl/α,β-unsaturated/α-hetero) is 1. The molecule has 0 spiro atoms. The van der Waals surface area contributed by atoms with Gasteiger partial charge in [-0.05, 0) is 25.0 Å². The molecule has 6 heteroatoms. The molecule has 6 nitrogen and oxygen atoms in total. The third-order valence-corrected chi connectivity index (χ3v) is 5.20. The molecule has 0 saturated heterocycles. The molecule has 0 saturated carbocycles. The number of carbonyl (C=O) groups excluding carboxylic acids is 2. The second-order valence-electron chi connectivity index (χ2n) is 7.10. The zero-order valence-corrected chi connectivity index (χ0v) is 14.6. The lowest BCUT2D eigenvalue weighted by Gasteiger charge is -2.37. The van der Waals surface area contributed by atoms with Gasteiger partial charge in [-0.2, -0.15) is 0 Å². The first-order valence-corrected chi connectivity index (χ1v) is 8.82. The molecule has 1 aromatic carbocycles. The molecular weight excluding hydrogens is 334 g/mol. The van der Waals surface area contributed by atoms with Crippen molar-refractivity contribution in [2.24, 2.45) is 0 Å². The van der Waals surface area contributed by atoms with E-state index in [0.29, 0.717) is 36.1 Å². The number of fused-ring (bicyclic) bond motifs is 2. The fourth-order valence-electron chi connectivity index (χ4n) is 3.81. The highest BCUT2D eigenvalue weighted by molar-refractivity contribution is 6.03. The number of furan rings is 1. The fraction of sp³-hybridized carbons (Fsp3) is 0.400. The van der Waals surface area contributed by atoms with E-state index in [4.69, 9.17) is 9.15 Å². The highest BCUT2D eigenvalue weighted by atomic mass is 16.5. The lowest BCUT2D eigenvalue weighted by atomic mass is 9.89. The van der Waals surface area contributed by atoms with Crippen LogP contribution in [0.15, 0.2) is 28.7 Å². The van der Waals surface area contributed by atoms with E-state index >= 15 is 0 Å². The minimum atomic E-state index is -0.921. The molecule has 0 fully saturated rings. The first-order chi connectivity index (χ1) is 12.5. The summed E-state index contributed by atoms with van der Waals surface area (Å²) in [6.07, 6.45) is 2.35. The number of aliphatic hydroxyl groups is 1. The number of aliphatic hydroxyl groups excluding tert-OH is 1. The summed E-state index contributed by atoms with van der Waals surface area (Å²) >= 11 is 0. The summed E-state index contributed by atoms with van der Waals surface area (Å²) in [6.45, 7) is 1.65. The monoisotopic (exact) mass is 355 g/mol. The Morgan fingerprint density at radius 3 is 2.88 bits per heavy atom. The van der Waals surface area contributed by atoms with E-state index in [-0.39, 0.29) is 24.8 Å². The number of aryl methyl sites for hydroxylation is 1. The van der Waals surface area contributed by atoms with E-state index in [1.54, 1.807) is 6.92 Å². The molecule has 1 aromatic heterocycles. The smallest absolute Gasteiger partial charge is 0.287 e. The van der Waals surface area contributed by atoms with Crippen molar-refractivity contribution in [2.75, 3.05) is 13.2 Å². The van der Waals surface area contributed by atoms with E-state index in [2.05, 4.69) is 5.32 Å². The molecule has 136 valence electrons. The van der Waals surface area contributed by atoms with Crippen molar-refractivity contribution < 1.29 is 23.8 Å². The molecule has 2 N–H and O–H groups in total. The van der Waals surface area contributed by atoms with E-state index in [1.165, 1.54) is 0 Å². The summed E-state index contributed by atoms with van der Waals surface area (Å²) in [5.41, 5.74) is 1.13. The Kier molecular flexibility index (Phi) is 4.07. The third kappa shape index (κ3) is 2.70. The second-order valence-corrected chi connectivity index (χ2v) is 7.10. The summed E-state index contributed by atoms with van der Waals surface area (Å²) in [6, 6.07) is 7.57. The highest BCUT2D eigenvalue weighted by Gasteiger charge is 2.39. The van der Waals surface area contributed by atoms with Crippen LogP contribution in [0.3, 0.4) is 0 Å². The Hall–Kier alpha value is -2.60. The quantitative estimate of drug-likeness (QED) is 0.881. The summed E-state index contributed by atoms with van der Waals surface area (Å²) in [7, 11) is 0. The van der Waals surface area contributed by atoms with Crippen LogP contribution in [-0.2, 0) is 12.8 Å². The molecule has 0 radical (unpaired) electrons. The maximum Gasteiger partial charge on any atom is 0.287 e. The molecule has 1 atom stereocenters. The predicted molar refractivity (Wildman–Crippen MR) is 93.6 cm³/mol. The summed E-state index contributed by atoms with van der Waals surface area (Å²) in [4.78, 5) is 25.0. The van der Waals surface area contributed by atoms with E-state index in [9.17, 15) is 14.7 Å². The van der Waals surface area contributed by atoms with Crippen LogP contribution in [0, 0.1) is 6.92 Å².